The monoisotopic (exact) mass is 450 g/mol. The number of carbonyl (C=O) groups is 1. The van der Waals surface area contributed by atoms with Gasteiger partial charge in [-0.1, -0.05) is 84.9 Å². The van der Waals surface area contributed by atoms with E-state index in [0.717, 1.165) is 27.8 Å². The van der Waals surface area contributed by atoms with Crippen molar-refractivity contribution in [2.24, 2.45) is 0 Å². The van der Waals surface area contributed by atoms with Crippen LogP contribution in [0.5, 0.6) is 0 Å². The fourth-order valence-corrected chi connectivity index (χ4v) is 4.59. The molecule has 3 aromatic carbocycles. The Hall–Kier alpha value is -4.45. The molecule has 0 radical (unpaired) electrons. The smallest absolute Gasteiger partial charge is 0.328 e. The number of hydrogen-bond donors (Lipinski definition) is 2. The van der Waals surface area contributed by atoms with Gasteiger partial charge in [-0.25, -0.2) is 4.79 Å². The molecule has 0 bridgehead atoms. The number of carboxylic acid groups (broad SMARTS) is 1. The van der Waals surface area contributed by atoms with Crippen LogP contribution in [0.25, 0.3) is 12.2 Å². The molecular weight excluding hydrogens is 428 g/mol. The van der Waals surface area contributed by atoms with Crippen molar-refractivity contribution < 1.29 is 9.90 Å². The number of aromatic amines is 1. The zero-order valence-corrected chi connectivity index (χ0v) is 18.3. The van der Waals surface area contributed by atoms with Crippen molar-refractivity contribution in [1.29, 1.82) is 0 Å². The highest BCUT2D eigenvalue weighted by molar-refractivity contribution is 5.77. The van der Waals surface area contributed by atoms with Gasteiger partial charge in [0.15, 0.2) is 0 Å². The maximum Gasteiger partial charge on any atom is 0.328 e. The minimum absolute atomic E-state index is 0.0950. The molecule has 0 atom stereocenters. The summed E-state index contributed by atoms with van der Waals surface area (Å²) in [6, 6.07) is 23.0. The highest BCUT2D eigenvalue weighted by Gasteiger charge is 2.26. The van der Waals surface area contributed by atoms with E-state index in [1.165, 1.54) is 4.57 Å². The fraction of sp³-hybridized carbons (Fsp3) is 0.107. The molecule has 0 saturated carbocycles. The van der Waals surface area contributed by atoms with Crippen LogP contribution < -0.4 is 11.2 Å². The molecule has 168 valence electrons. The van der Waals surface area contributed by atoms with E-state index < -0.39 is 17.2 Å². The number of carboxylic acids is 1. The highest BCUT2D eigenvalue weighted by Crippen LogP contribution is 2.37. The molecule has 6 nitrogen and oxygen atoms in total. The molecule has 1 aliphatic carbocycles. The Morgan fingerprint density at radius 3 is 2.09 bits per heavy atom. The van der Waals surface area contributed by atoms with Gasteiger partial charge in [0.05, 0.1) is 13.0 Å². The SMILES string of the molecule is O=C(O)Cc1cccc(Cn2cc(C3c4ccccc4C=Cc4ccccc43)c(=O)[nH]c2=O)c1. The quantitative estimate of drug-likeness (QED) is 0.425. The summed E-state index contributed by atoms with van der Waals surface area (Å²) >= 11 is 0. The molecule has 1 aromatic heterocycles. The van der Waals surface area contributed by atoms with Gasteiger partial charge >= 0.3 is 11.7 Å². The van der Waals surface area contributed by atoms with Gasteiger partial charge in [0.2, 0.25) is 0 Å². The lowest BCUT2D eigenvalue weighted by Crippen LogP contribution is -2.33. The maximum absolute atomic E-state index is 13.1. The number of aliphatic carboxylic acids is 1. The van der Waals surface area contributed by atoms with E-state index in [9.17, 15) is 14.4 Å². The summed E-state index contributed by atoms with van der Waals surface area (Å²) in [6.07, 6.45) is 5.63. The number of benzene rings is 3. The van der Waals surface area contributed by atoms with Crippen LogP contribution >= 0.6 is 0 Å². The number of aromatic nitrogens is 2. The molecule has 1 heterocycles. The van der Waals surface area contributed by atoms with Crippen LogP contribution in [0.1, 0.15) is 44.9 Å². The standard InChI is InChI=1S/C28H22N2O4/c31-25(32)15-18-6-5-7-19(14-18)16-30-17-24(27(33)29-28(30)34)26-22-10-3-1-8-20(22)12-13-21-9-2-4-11-23(21)26/h1-14,17,26H,15-16H2,(H,31,32)(H,29,33,34). The van der Waals surface area contributed by atoms with Crippen LogP contribution in [0.3, 0.4) is 0 Å². The summed E-state index contributed by atoms with van der Waals surface area (Å²) in [6.45, 7) is 0.213. The van der Waals surface area contributed by atoms with Crippen molar-refractivity contribution in [2.45, 2.75) is 18.9 Å². The Balaban J connectivity index is 1.63. The van der Waals surface area contributed by atoms with E-state index in [4.69, 9.17) is 5.11 Å². The topological polar surface area (TPSA) is 92.2 Å². The van der Waals surface area contributed by atoms with Crippen LogP contribution in [-0.2, 0) is 17.8 Å². The van der Waals surface area contributed by atoms with E-state index in [2.05, 4.69) is 4.98 Å². The Bertz CT molecular complexity index is 1500. The average Bonchev–Trinajstić information content (AvgIpc) is 2.98. The molecule has 34 heavy (non-hydrogen) atoms. The summed E-state index contributed by atoms with van der Waals surface area (Å²) in [4.78, 5) is 39.4. The molecule has 0 fully saturated rings. The van der Waals surface area contributed by atoms with Crippen LogP contribution in [0.4, 0.5) is 0 Å². The second-order valence-electron chi connectivity index (χ2n) is 8.39. The van der Waals surface area contributed by atoms with Crippen LogP contribution in [-0.4, -0.2) is 20.6 Å². The lowest BCUT2D eigenvalue weighted by atomic mass is 9.83. The van der Waals surface area contributed by atoms with E-state index in [0.29, 0.717) is 11.1 Å². The lowest BCUT2D eigenvalue weighted by Gasteiger charge is -2.21. The number of hydrogen-bond acceptors (Lipinski definition) is 3. The Kier molecular flexibility index (Phi) is 5.55. The summed E-state index contributed by atoms with van der Waals surface area (Å²) in [5.74, 6) is -1.27. The second-order valence-corrected chi connectivity index (χ2v) is 8.39. The predicted molar refractivity (Wildman–Crippen MR) is 131 cm³/mol. The van der Waals surface area contributed by atoms with Gasteiger partial charge in [-0.2, -0.15) is 0 Å². The molecule has 2 N–H and O–H groups in total. The largest absolute Gasteiger partial charge is 0.481 e. The highest BCUT2D eigenvalue weighted by atomic mass is 16.4. The summed E-state index contributed by atoms with van der Waals surface area (Å²) in [5.41, 5.74) is 4.99. The Morgan fingerprint density at radius 1 is 0.824 bits per heavy atom. The van der Waals surface area contributed by atoms with Crippen molar-refractivity contribution in [3.63, 3.8) is 0 Å². The third-order valence-electron chi connectivity index (χ3n) is 6.11. The molecule has 5 rings (SSSR count). The van der Waals surface area contributed by atoms with Crippen LogP contribution in [0.2, 0.25) is 0 Å². The molecule has 0 unspecified atom stereocenters. The van der Waals surface area contributed by atoms with E-state index in [-0.39, 0.29) is 18.9 Å². The molecule has 1 aliphatic rings. The van der Waals surface area contributed by atoms with Crippen molar-refractivity contribution in [3.05, 3.63) is 139 Å². The Labute approximate surface area is 195 Å². The molecular formula is C28H22N2O4. The number of rotatable bonds is 5. The minimum Gasteiger partial charge on any atom is -0.481 e. The first kappa shape index (κ1) is 21.4. The third kappa shape index (κ3) is 4.13. The Morgan fingerprint density at radius 2 is 1.44 bits per heavy atom. The normalized spacial score (nSPS) is 12.6. The summed E-state index contributed by atoms with van der Waals surface area (Å²) < 4.78 is 1.47. The number of nitrogens with one attached hydrogen (secondary N) is 1. The molecule has 6 heteroatoms. The van der Waals surface area contributed by atoms with Gasteiger partial charge in [-0.3, -0.25) is 19.1 Å². The summed E-state index contributed by atoms with van der Waals surface area (Å²) in [7, 11) is 0. The van der Waals surface area contributed by atoms with Gasteiger partial charge in [0.1, 0.15) is 0 Å². The molecule has 0 aliphatic heterocycles. The van der Waals surface area contributed by atoms with Crippen molar-refractivity contribution in [3.8, 4) is 0 Å². The van der Waals surface area contributed by atoms with Crippen molar-refractivity contribution in [2.75, 3.05) is 0 Å². The van der Waals surface area contributed by atoms with E-state index in [1.807, 2.05) is 66.7 Å². The van der Waals surface area contributed by atoms with E-state index in [1.54, 1.807) is 24.4 Å². The number of fused-ring (bicyclic) bond motifs is 2. The summed E-state index contributed by atoms with van der Waals surface area (Å²) in [5, 5.41) is 9.09. The van der Waals surface area contributed by atoms with Crippen LogP contribution in [0, 0.1) is 0 Å². The van der Waals surface area contributed by atoms with Crippen molar-refractivity contribution in [1.82, 2.24) is 9.55 Å². The zero-order chi connectivity index (χ0) is 23.7. The lowest BCUT2D eigenvalue weighted by molar-refractivity contribution is -0.136. The van der Waals surface area contributed by atoms with Gasteiger partial charge < -0.3 is 5.11 Å². The van der Waals surface area contributed by atoms with Gasteiger partial charge in [0, 0.05) is 17.7 Å². The minimum atomic E-state index is -0.917. The number of H-pyrrole nitrogens is 1. The van der Waals surface area contributed by atoms with Crippen molar-refractivity contribution >= 4 is 18.1 Å². The number of nitrogens with zero attached hydrogens (tertiary/aromatic N) is 1. The van der Waals surface area contributed by atoms with E-state index >= 15 is 0 Å². The second kappa shape index (κ2) is 8.83. The zero-order valence-electron chi connectivity index (χ0n) is 18.3. The predicted octanol–water partition coefficient (Wildman–Crippen LogP) is 3.88. The molecule has 4 aromatic rings. The first-order valence-electron chi connectivity index (χ1n) is 11.0. The molecule has 0 amide bonds. The average molecular weight is 450 g/mol. The maximum atomic E-state index is 13.1. The van der Waals surface area contributed by atoms with Gasteiger partial charge in [0.25, 0.3) is 5.56 Å². The molecule has 0 saturated heterocycles. The molecule has 0 spiro atoms. The third-order valence-corrected chi connectivity index (χ3v) is 6.11. The fourth-order valence-electron chi connectivity index (χ4n) is 4.59. The first-order chi connectivity index (χ1) is 16.5. The van der Waals surface area contributed by atoms with Gasteiger partial charge in [-0.15, -0.1) is 0 Å². The van der Waals surface area contributed by atoms with Crippen LogP contribution in [0.15, 0.2) is 88.6 Å². The van der Waals surface area contributed by atoms with Gasteiger partial charge in [-0.05, 0) is 33.4 Å². The first-order valence-corrected chi connectivity index (χ1v) is 11.0.